The third kappa shape index (κ3) is 4.56. The summed E-state index contributed by atoms with van der Waals surface area (Å²) in [6, 6.07) is 16.1. The molecule has 0 saturated heterocycles. The number of halogens is 3. The maximum absolute atomic E-state index is 13.0. The molecule has 32 heavy (non-hydrogen) atoms. The molecule has 1 aliphatic heterocycles. The third-order valence-corrected chi connectivity index (χ3v) is 5.82. The van der Waals surface area contributed by atoms with Crippen LogP contribution in [-0.4, -0.2) is 20.0 Å². The summed E-state index contributed by atoms with van der Waals surface area (Å²) in [6.07, 6.45) is -4.66. The number of fused-ring (bicyclic) bond motifs is 1. The molecule has 3 aromatic rings. The fourth-order valence-corrected chi connectivity index (χ4v) is 3.84. The predicted molar refractivity (Wildman–Crippen MR) is 114 cm³/mol. The summed E-state index contributed by atoms with van der Waals surface area (Å²) in [6.45, 7) is 0. The van der Waals surface area contributed by atoms with Crippen molar-refractivity contribution in [2.45, 2.75) is 17.5 Å². The number of hydrogen-bond donors (Lipinski definition) is 2. The standard InChI is InChI=1S/C22H16F3N3O3S/c23-22(24,25)16-6-9-18-20(11-16)28-21(29)12-19(27-18)15-3-1-2-14(10-15)13-4-7-17(8-5-13)32(26,30)31/h1-11H,12H2,(H,28,29)(H2,26,30,31). The quantitative estimate of drug-likeness (QED) is 0.604. The Kier molecular flexibility index (Phi) is 5.35. The van der Waals surface area contributed by atoms with Crippen molar-refractivity contribution in [3.63, 3.8) is 0 Å². The second-order valence-electron chi connectivity index (χ2n) is 7.16. The zero-order valence-electron chi connectivity index (χ0n) is 16.3. The molecular formula is C22H16F3N3O3S. The Balaban J connectivity index is 1.72. The van der Waals surface area contributed by atoms with Gasteiger partial charge in [-0.1, -0.05) is 30.3 Å². The van der Waals surface area contributed by atoms with Crippen molar-refractivity contribution in [3.05, 3.63) is 77.9 Å². The second-order valence-corrected chi connectivity index (χ2v) is 8.72. The Morgan fingerprint density at radius 3 is 2.25 bits per heavy atom. The minimum absolute atomic E-state index is 0.00503. The van der Waals surface area contributed by atoms with Gasteiger partial charge in [0.15, 0.2) is 0 Å². The van der Waals surface area contributed by atoms with E-state index in [1.807, 2.05) is 0 Å². The molecule has 0 aromatic heterocycles. The van der Waals surface area contributed by atoms with E-state index in [9.17, 15) is 26.4 Å². The Labute approximate surface area is 181 Å². The zero-order valence-corrected chi connectivity index (χ0v) is 17.2. The molecule has 0 atom stereocenters. The molecule has 3 aromatic carbocycles. The first kappa shape index (κ1) is 21.7. The Morgan fingerprint density at radius 2 is 1.59 bits per heavy atom. The topological polar surface area (TPSA) is 102 Å². The van der Waals surface area contributed by atoms with Gasteiger partial charge in [-0.2, -0.15) is 13.2 Å². The first-order valence-electron chi connectivity index (χ1n) is 9.33. The predicted octanol–water partition coefficient (Wildman–Crippen LogP) is 4.48. The molecule has 164 valence electrons. The number of primary sulfonamides is 1. The van der Waals surface area contributed by atoms with E-state index in [0.29, 0.717) is 16.8 Å². The largest absolute Gasteiger partial charge is 0.416 e. The summed E-state index contributed by atoms with van der Waals surface area (Å²) in [4.78, 5) is 16.8. The third-order valence-electron chi connectivity index (χ3n) is 4.89. The van der Waals surface area contributed by atoms with Gasteiger partial charge in [-0.15, -0.1) is 0 Å². The van der Waals surface area contributed by atoms with E-state index in [4.69, 9.17) is 5.14 Å². The Hall–Kier alpha value is -3.50. The van der Waals surface area contributed by atoms with Crippen LogP contribution in [0.15, 0.2) is 76.6 Å². The minimum atomic E-state index is -4.54. The minimum Gasteiger partial charge on any atom is -0.324 e. The number of carbonyl (C=O) groups excluding carboxylic acids is 1. The molecule has 4 rings (SSSR count). The highest BCUT2D eigenvalue weighted by atomic mass is 32.2. The number of alkyl halides is 3. The van der Waals surface area contributed by atoms with E-state index in [-0.39, 0.29) is 22.7 Å². The molecule has 0 spiro atoms. The van der Waals surface area contributed by atoms with Crippen LogP contribution < -0.4 is 10.5 Å². The fourth-order valence-electron chi connectivity index (χ4n) is 3.32. The number of hydrogen-bond acceptors (Lipinski definition) is 4. The summed E-state index contributed by atoms with van der Waals surface area (Å²) in [5, 5.41) is 7.60. The lowest BCUT2D eigenvalue weighted by Gasteiger charge is -2.10. The molecule has 0 aliphatic carbocycles. The van der Waals surface area contributed by atoms with Crippen molar-refractivity contribution in [1.82, 2.24) is 0 Å². The summed E-state index contributed by atoms with van der Waals surface area (Å²) in [5.74, 6) is -0.482. The summed E-state index contributed by atoms with van der Waals surface area (Å²) >= 11 is 0. The van der Waals surface area contributed by atoms with E-state index in [1.165, 1.54) is 18.2 Å². The van der Waals surface area contributed by atoms with Gasteiger partial charge in [0, 0.05) is 0 Å². The van der Waals surface area contributed by atoms with E-state index < -0.39 is 27.7 Å². The van der Waals surface area contributed by atoms with E-state index in [0.717, 1.165) is 17.7 Å². The molecule has 10 heteroatoms. The molecule has 1 heterocycles. The number of carbonyl (C=O) groups is 1. The molecule has 3 N–H and O–H groups in total. The number of amides is 1. The maximum atomic E-state index is 13.0. The number of nitrogens with zero attached hydrogens (tertiary/aromatic N) is 1. The highest BCUT2D eigenvalue weighted by molar-refractivity contribution is 7.89. The van der Waals surface area contributed by atoms with Crippen LogP contribution in [0.3, 0.4) is 0 Å². The molecule has 0 unspecified atom stereocenters. The lowest BCUT2D eigenvalue weighted by atomic mass is 9.99. The summed E-state index contributed by atoms with van der Waals surface area (Å²) < 4.78 is 61.9. The number of sulfonamides is 1. The fraction of sp³-hybridized carbons (Fsp3) is 0.0909. The Morgan fingerprint density at radius 1 is 0.906 bits per heavy atom. The van der Waals surface area contributed by atoms with Crippen LogP contribution >= 0.6 is 0 Å². The SMILES string of the molecule is NS(=O)(=O)c1ccc(-c2cccc(C3=Nc4ccc(C(F)(F)F)cc4NC(=O)C3)c2)cc1. The van der Waals surface area contributed by atoms with Gasteiger partial charge in [0.05, 0.1) is 34.0 Å². The molecule has 1 amide bonds. The van der Waals surface area contributed by atoms with Crippen molar-refractivity contribution in [2.24, 2.45) is 10.1 Å². The molecule has 1 aliphatic rings. The van der Waals surface area contributed by atoms with Gasteiger partial charge in [-0.3, -0.25) is 9.79 Å². The number of nitrogens with one attached hydrogen (secondary N) is 1. The molecule has 0 radical (unpaired) electrons. The van der Waals surface area contributed by atoms with Crippen molar-refractivity contribution in [2.75, 3.05) is 5.32 Å². The van der Waals surface area contributed by atoms with Gasteiger partial charge in [0.2, 0.25) is 15.9 Å². The number of nitrogens with two attached hydrogens (primary N) is 1. The van der Waals surface area contributed by atoms with Crippen molar-refractivity contribution in [3.8, 4) is 11.1 Å². The second kappa shape index (κ2) is 7.88. The molecule has 0 bridgehead atoms. The smallest absolute Gasteiger partial charge is 0.324 e. The van der Waals surface area contributed by atoms with Crippen LogP contribution in [0.4, 0.5) is 24.5 Å². The van der Waals surface area contributed by atoms with Crippen molar-refractivity contribution >= 4 is 33.0 Å². The van der Waals surface area contributed by atoms with Crippen molar-refractivity contribution < 1.29 is 26.4 Å². The average Bonchev–Trinajstić information content (AvgIpc) is 2.90. The molecule has 6 nitrogen and oxygen atoms in total. The molecule has 0 saturated carbocycles. The van der Waals surface area contributed by atoms with Gasteiger partial charge in [0.1, 0.15) is 0 Å². The van der Waals surface area contributed by atoms with E-state index >= 15 is 0 Å². The van der Waals surface area contributed by atoms with Gasteiger partial charge in [0.25, 0.3) is 0 Å². The lowest BCUT2D eigenvalue weighted by molar-refractivity contribution is -0.137. The van der Waals surface area contributed by atoms with Crippen LogP contribution in [0.1, 0.15) is 17.5 Å². The van der Waals surface area contributed by atoms with Gasteiger partial charge in [-0.05, 0) is 53.1 Å². The van der Waals surface area contributed by atoms with Crippen molar-refractivity contribution in [1.29, 1.82) is 0 Å². The highest BCUT2D eigenvalue weighted by Crippen LogP contribution is 2.36. The van der Waals surface area contributed by atoms with Crippen LogP contribution in [0.2, 0.25) is 0 Å². The molecular weight excluding hydrogens is 443 g/mol. The lowest BCUT2D eigenvalue weighted by Crippen LogP contribution is -2.15. The summed E-state index contributed by atoms with van der Waals surface area (Å²) in [5.41, 5.74) is 1.80. The number of anilines is 1. The molecule has 0 fully saturated rings. The normalized spacial score (nSPS) is 14.2. The van der Waals surface area contributed by atoms with Gasteiger partial charge < -0.3 is 5.32 Å². The average molecular weight is 459 g/mol. The Bertz CT molecular complexity index is 1350. The number of benzene rings is 3. The van der Waals surface area contributed by atoms with Crippen LogP contribution in [0.5, 0.6) is 0 Å². The van der Waals surface area contributed by atoms with Crippen LogP contribution in [0.25, 0.3) is 11.1 Å². The van der Waals surface area contributed by atoms with Crippen LogP contribution in [0, 0.1) is 0 Å². The van der Waals surface area contributed by atoms with Gasteiger partial charge >= 0.3 is 6.18 Å². The highest BCUT2D eigenvalue weighted by Gasteiger charge is 2.31. The number of rotatable bonds is 3. The van der Waals surface area contributed by atoms with E-state index in [1.54, 1.807) is 36.4 Å². The number of aliphatic imine (C=N–C) groups is 1. The maximum Gasteiger partial charge on any atom is 0.416 e. The first-order valence-corrected chi connectivity index (χ1v) is 10.9. The zero-order chi connectivity index (χ0) is 23.1. The monoisotopic (exact) mass is 459 g/mol. The van der Waals surface area contributed by atoms with Gasteiger partial charge in [-0.25, -0.2) is 13.6 Å². The van der Waals surface area contributed by atoms with Crippen LogP contribution in [-0.2, 0) is 21.0 Å². The summed E-state index contributed by atoms with van der Waals surface area (Å²) in [7, 11) is -3.81. The van der Waals surface area contributed by atoms with E-state index in [2.05, 4.69) is 10.3 Å². The first-order chi connectivity index (χ1) is 15.0.